The Bertz CT molecular complexity index is 1390. The molecular formula is C88H175NO5. The highest BCUT2D eigenvalue weighted by atomic mass is 16.5. The zero-order chi connectivity index (χ0) is 67.7. The lowest BCUT2D eigenvalue weighted by molar-refractivity contribution is -0.143. The van der Waals surface area contributed by atoms with Crippen LogP contribution >= 0.6 is 0 Å². The van der Waals surface area contributed by atoms with E-state index in [1.807, 2.05) is 0 Å². The van der Waals surface area contributed by atoms with Crippen LogP contribution < -0.4 is 5.32 Å². The van der Waals surface area contributed by atoms with Crippen molar-refractivity contribution >= 4 is 11.9 Å². The number of hydrogen-bond donors (Lipinski definition) is 3. The fourth-order valence-electron chi connectivity index (χ4n) is 14.7. The summed E-state index contributed by atoms with van der Waals surface area (Å²) in [6, 6.07) is -0.538. The van der Waals surface area contributed by atoms with E-state index in [0.29, 0.717) is 25.9 Å². The van der Waals surface area contributed by atoms with Crippen molar-refractivity contribution in [3.05, 3.63) is 0 Å². The van der Waals surface area contributed by atoms with Crippen LogP contribution in [0.4, 0.5) is 0 Å². The number of carbonyl (C=O) groups excluding carboxylic acids is 2. The molecule has 0 radical (unpaired) electrons. The molecule has 3 N–H and O–H groups in total. The molecule has 0 fully saturated rings. The summed E-state index contributed by atoms with van der Waals surface area (Å²) < 4.78 is 5.51. The second-order valence-corrected chi connectivity index (χ2v) is 30.9. The van der Waals surface area contributed by atoms with Crippen molar-refractivity contribution in [1.82, 2.24) is 5.32 Å². The number of esters is 1. The van der Waals surface area contributed by atoms with Crippen LogP contribution in [0.2, 0.25) is 0 Å². The molecule has 1 amide bonds. The van der Waals surface area contributed by atoms with Gasteiger partial charge in [-0.15, -0.1) is 0 Å². The van der Waals surface area contributed by atoms with E-state index in [2.05, 4.69) is 19.2 Å². The lowest BCUT2D eigenvalue weighted by Gasteiger charge is -2.22. The highest BCUT2D eigenvalue weighted by molar-refractivity contribution is 5.76. The predicted molar refractivity (Wildman–Crippen MR) is 417 cm³/mol. The Balaban J connectivity index is 3.30. The second kappa shape index (κ2) is 84.3. The Morgan fingerprint density at radius 1 is 0.255 bits per heavy atom. The molecule has 0 aromatic rings. The van der Waals surface area contributed by atoms with E-state index in [-0.39, 0.29) is 18.5 Å². The number of aliphatic hydroxyl groups is 2. The van der Waals surface area contributed by atoms with E-state index in [9.17, 15) is 19.8 Å². The SMILES string of the molecule is CCCCCCCCCCCCCCCCCCCCCCCCCCCC(O)C(CO)NC(=O)CCCCCCCCCCCCCCCCCCCCCCCCCCCCCCCCCCCCCCCOC(=O)CCCCCCCCCCCCCCCCC. The molecule has 94 heavy (non-hydrogen) atoms. The van der Waals surface area contributed by atoms with Crippen molar-refractivity contribution in [2.75, 3.05) is 13.2 Å². The van der Waals surface area contributed by atoms with E-state index < -0.39 is 12.1 Å². The number of hydrogen-bond acceptors (Lipinski definition) is 5. The third-order valence-corrected chi connectivity index (χ3v) is 21.4. The Morgan fingerprint density at radius 2 is 0.436 bits per heavy atom. The standard InChI is InChI=1S/C88H175NO5/c1-3-5-7-9-11-13-15-17-19-20-21-22-23-37-40-43-46-49-53-56-60-64-68-72-76-80-86(91)85(84-90)89-87(92)81-77-73-69-65-61-57-54-50-47-44-41-38-35-33-31-29-27-25-24-26-28-30-32-34-36-39-42-45-48-51-55-59-63-67-71-75-79-83-94-88(93)82-78-74-70-66-62-58-52-18-16-14-12-10-8-6-4-2/h85-86,90-91H,3-84H2,1-2H3,(H,89,92). The smallest absolute Gasteiger partial charge is 0.305 e. The number of carbonyl (C=O) groups is 2. The van der Waals surface area contributed by atoms with Crippen molar-refractivity contribution in [3.63, 3.8) is 0 Å². The molecule has 0 spiro atoms. The number of unbranched alkanes of at least 4 members (excludes halogenated alkanes) is 74. The normalized spacial score (nSPS) is 12.3. The van der Waals surface area contributed by atoms with Gasteiger partial charge in [-0.2, -0.15) is 0 Å². The van der Waals surface area contributed by atoms with Crippen LogP contribution in [0.1, 0.15) is 528 Å². The highest BCUT2D eigenvalue weighted by Gasteiger charge is 2.20. The molecule has 0 aliphatic carbocycles. The molecule has 0 heterocycles. The largest absolute Gasteiger partial charge is 0.466 e. The van der Waals surface area contributed by atoms with Crippen LogP contribution in [0.15, 0.2) is 0 Å². The van der Waals surface area contributed by atoms with Gasteiger partial charge in [0.1, 0.15) is 0 Å². The summed E-state index contributed by atoms with van der Waals surface area (Å²) in [7, 11) is 0. The van der Waals surface area contributed by atoms with Gasteiger partial charge in [-0.25, -0.2) is 0 Å². The number of nitrogens with one attached hydrogen (secondary N) is 1. The minimum atomic E-state index is -0.661. The Labute approximate surface area is 591 Å². The van der Waals surface area contributed by atoms with Gasteiger partial charge < -0.3 is 20.3 Å². The molecule has 0 aliphatic rings. The summed E-state index contributed by atoms with van der Waals surface area (Å²) >= 11 is 0. The molecule has 0 rings (SSSR count). The third-order valence-electron chi connectivity index (χ3n) is 21.4. The van der Waals surface area contributed by atoms with Crippen molar-refractivity contribution in [1.29, 1.82) is 0 Å². The molecule has 562 valence electrons. The minimum absolute atomic E-state index is 0.0219. The first-order valence-corrected chi connectivity index (χ1v) is 44.3. The van der Waals surface area contributed by atoms with Crippen molar-refractivity contribution in [2.24, 2.45) is 0 Å². The summed E-state index contributed by atoms with van der Waals surface area (Å²) in [5.74, 6) is 0.00607. The molecule has 0 aliphatic heterocycles. The second-order valence-electron chi connectivity index (χ2n) is 30.9. The van der Waals surface area contributed by atoms with Crippen LogP contribution in [-0.2, 0) is 14.3 Å². The van der Waals surface area contributed by atoms with Gasteiger partial charge in [0, 0.05) is 12.8 Å². The Kier molecular flexibility index (Phi) is 83.3. The molecule has 0 aromatic heterocycles. The summed E-state index contributed by atoms with van der Waals surface area (Å²) in [4.78, 5) is 24.7. The maximum Gasteiger partial charge on any atom is 0.305 e. The van der Waals surface area contributed by atoms with Crippen molar-refractivity contribution in [3.8, 4) is 0 Å². The Hall–Kier alpha value is -1.14. The molecule has 2 unspecified atom stereocenters. The fourth-order valence-corrected chi connectivity index (χ4v) is 14.7. The number of aliphatic hydroxyl groups excluding tert-OH is 2. The number of rotatable bonds is 85. The first-order valence-electron chi connectivity index (χ1n) is 44.3. The van der Waals surface area contributed by atoms with Gasteiger partial charge in [0.15, 0.2) is 0 Å². The maximum absolute atomic E-state index is 12.6. The van der Waals surface area contributed by atoms with Gasteiger partial charge in [-0.3, -0.25) is 9.59 Å². The summed E-state index contributed by atoms with van der Waals surface area (Å²) in [5, 5.41) is 23.5. The van der Waals surface area contributed by atoms with E-state index in [1.54, 1.807) is 0 Å². The fraction of sp³-hybridized carbons (Fsp3) is 0.977. The van der Waals surface area contributed by atoms with Gasteiger partial charge >= 0.3 is 5.97 Å². The number of ether oxygens (including phenoxy) is 1. The van der Waals surface area contributed by atoms with Gasteiger partial charge in [0.25, 0.3) is 0 Å². The predicted octanol–water partition coefficient (Wildman–Crippen LogP) is 29.6. The molecule has 2 atom stereocenters. The lowest BCUT2D eigenvalue weighted by Crippen LogP contribution is -2.45. The summed E-state index contributed by atoms with van der Waals surface area (Å²) in [5.41, 5.74) is 0. The molecular weight excluding hydrogens is 1150 g/mol. The molecule has 0 saturated heterocycles. The first-order chi connectivity index (χ1) is 46.5. The zero-order valence-electron chi connectivity index (χ0n) is 64.8. The molecule has 0 aromatic carbocycles. The van der Waals surface area contributed by atoms with Crippen LogP contribution in [0.3, 0.4) is 0 Å². The van der Waals surface area contributed by atoms with Crippen LogP contribution in [0.25, 0.3) is 0 Å². The van der Waals surface area contributed by atoms with E-state index in [0.717, 1.165) is 38.5 Å². The first kappa shape index (κ1) is 92.9. The lowest BCUT2D eigenvalue weighted by atomic mass is 10.0. The van der Waals surface area contributed by atoms with Gasteiger partial charge in [0.05, 0.1) is 25.4 Å². The average molecular weight is 1330 g/mol. The van der Waals surface area contributed by atoms with Gasteiger partial charge in [-0.1, -0.05) is 489 Å². The average Bonchev–Trinajstić information content (AvgIpc) is 3.26. The monoisotopic (exact) mass is 1330 g/mol. The van der Waals surface area contributed by atoms with E-state index in [4.69, 9.17) is 4.74 Å². The summed E-state index contributed by atoms with van der Waals surface area (Å²) in [6.07, 6.45) is 107. The van der Waals surface area contributed by atoms with E-state index in [1.165, 1.54) is 456 Å². The topological polar surface area (TPSA) is 95.9 Å². The van der Waals surface area contributed by atoms with Crippen LogP contribution in [-0.4, -0.2) is 47.4 Å². The van der Waals surface area contributed by atoms with Crippen LogP contribution in [0, 0.1) is 0 Å². The van der Waals surface area contributed by atoms with E-state index >= 15 is 0 Å². The third kappa shape index (κ3) is 79.8. The van der Waals surface area contributed by atoms with Crippen molar-refractivity contribution in [2.45, 2.75) is 540 Å². The molecule has 6 nitrogen and oxygen atoms in total. The quantitative estimate of drug-likeness (QED) is 0.0417. The zero-order valence-corrected chi connectivity index (χ0v) is 64.8. The minimum Gasteiger partial charge on any atom is -0.466 e. The highest BCUT2D eigenvalue weighted by Crippen LogP contribution is 2.22. The number of amides is 1. The molecule has 0 bridgehead atoms. The van der Waals surface area contributed by atoms with Crippen molar-refractivity contribution < 1.29 is 24.5 Å². The maximum atomic E-state index is 12.6. The van der Waals surface area contributed by atoms with Gasteiger partial charge in [-0.05, 0) is 25.7 Å². The molecule has 0 saturated carbocycles. The Morgan fingerprint density at radius 3 is 0.649 bits per heavy atom. The van der Waals surface area contributed by atoms with Crippen LogP contribution in [0.5, 0.6) is 0 Å². The summed E-state index contributed by atoms with van der Waals surface area (Å²) in [6.45, 7) is 5.03. The van der Waals surface area contributed by atoms with Gasteiger partial charge in [0.2, 0.25) is 5.91 Å². The molecule has 6 heteroatoms.